The lowest BCUT2D eigenvalue weighted by atomic mass is 10.2. The van der Waals surface area contributed by atoms with Gasteiger partial charge in [-0.1, -0.05) is 34.9 Å². The second kappa shape index (κ2) is 6.65. The third-order valence-corrected chi connectivity index (χ3v) is 3.22. The maximum atomic E-state index is 11.8. The number of nitrogens with zero attached hydrogens (tertiary/aromatic N) is 2. The van der Waals surface area contributed by atoms with Gasteiger partial charge in [0.2, 0.25) is 11.8 Å². The number of benzene rings is 1. The van der Waals surface area contributed by atoms with Gasteiger partial charge in [0, 0.05) is 28.9 Å². The van der Waals surface area contributed by atoms with Crippen LogP contribution in [0.15, 0.2) is 33.3 Å². The Labute approximate surface area is 125 Å². The number of aryl methyl sites for hydroxylation is 1. The highest BCUT2D eigenvalue weighted by molar-refractivity contribution is 9.10. The lowest BCUT2D eigenvalue weighted by molar-refractivity contribution is -0.116. The standard InChI is InChI=1S/C14H16BrN3O2/c1-9(2)14-17-13(20-18-14)8-7-12(19)16-11-5-3-10(15)4-6-11/h3-6,9H,7-8H2,1-2H3,(H,16,19). The Bertz CT molecular complexity index is 578. The molecule has 0 unspecified atom stereocenters. The van der Waals surface area contributed by atoms with E-state index < -0.39 is 0 Å². The molecule has 0 radical (unpaired) electrons. The molecule has 20 heavy (non-hydrogen) atoms. The van der Waals surface area contributed by atoms with Gasteiger partial charge in [-0.15, -0.1) is 0 Å². The Morgan fingerprint density at radius 3 is 2.65 bits per heavy atom. The van der Waals surface area contributed by atoms with Crippen molar-refractivity contribution in [2.24, 2.45) is 0 Å². The molecular formula is C14H16BrN3O2. The molecule has 1 amide bonds. The molecule has 0 fully saturated rings. The van der Waals surface area contributed by atoms with Gasteiger partial charge in [0.25, 0.3) is 0 Å². The van der Waals surface area contributed by atoms with Gasteiger partial charge in [-0.25, -0.2) is 0 Å². The smallest absolute Gasteiger partial charge is 0.227 e. The van der Waals surface area contributed by atoms with Crippen LogP contribution in [0.3, 0.4) is 0 Å². The fourth-order valence-electron chi connectivity index (χ4n) is 1.58. The van der Waals surface area contributed by atoms with Crippen molar-refractivity contribution in [2.45, 2.75) is 32.6 Å². The van der Waals surface area contributed by atoms with Crippen LogP contribution in [-0.4, -0.2) is 16.0 Å². The number of hydrogen-bond donors (Lipinski definition) is 1. The molecule has 0 aliphatic rings. The molecule has 0 saturated carbocycles. The summed E-state index contributed by atoms with van der Waals surface area (Å²) in [6.45, 7) is 3.99. The molecule has 2 rings (SSSR count). The Balaban J connectivity index is 1.84. The summed E-state index contributed by atoms with van der Waals surface area (Å²) in [4.78, 5) is 16.0. The number of carbonyl (C=O) groups excluding carboxylic acids is 1. The molecular weight excluding hydrogens is 322 g/mol. The molecule has 1 aromatic heterocycles. The lowest BCUT2D eigenvalue weighted by Gasteiger charge is -2.03. The number of nitrogens with one attached hydrogen (secondary N) is 1. The molecule has 1 heterocycles. The van der Waals surface area contributed by atoms with Gasteiger partial charge in [-0.2, -0.15) is 4.98 Å². The van der Waals surface area contributed by atoms with E-state index in [0.29, 0.717) is 24.6 Å². The Morgan fingerprint density at radius 2 is 2.05 bits per heavy atom. The average molecular weight is 338 g/mol. The molecule has 0 saturated heterocycles. The van der Waals surface area contributed by atoms with Gasteiger partial charge < -0.3 is 9.84 Å². The minimum Gasteiger partial charge on any atom is -0.339 e. The quantitative estimate of drug-likeness (QED) is 0.906. The van der Waals surface area contributed by atoms with Crippen LogP contribution < -0.4 is 5.32 Å². The van der Waals surface area contributed by atoms with Gasteiger partial charge >= 0.3 is 0 Å². The minimum absolute atomic E-state index is 0.0726. The van der Waals surface area contributed by atoms with E-state index in [-0.39, 0.29) is 11.8 Å². The van der Waals surface area contributed by atoms with E-state index >= 15 is 0 Å². The van der Waals surface area contributed by atoms with Crippen molar-refractivity contribution in [3.8, 4) is 0 Å². The van der Waals surface area contributed by atoms with Crippen molar-refractivity contribution < 1.29 is 9.32 Å². The summed E-state index contributed by atoms with van der Waals surface area (Å²) in [5, 5.41) is 6.68. The highest BCUT2D eigenvalue weighted by Gasteiger charge is 2.11. The lowest BCUT2D eigenvalue weighted by Crippen LogP contribution is -2.12. The van der Waals surface area contributed by atoms with Crippen molar-refractivity contribution in [3.05, 3.63) is 40.5 Å². The second-order valence-electron chi connectivity index (χ2n) is 4.76. The molecule has 0 spiro atoms. The van der Waals surface area contributed by atoms with E-state index in [0.717, 1.165) is 10.2 Å². The first-order valence-electron chi connectivity index (χ1n) is 6.42. The normalized spacial score (nSPS) is 10.8. The number of amides is 1. The zero-order chi connectivity index (χ0) is 14.5. The number of aromatic nitrogens is 2. The van der Waals surface area contributed by atoms with E-state index in [2.05, 4.69) is 31.4 Å². The Morgan fingerprint density at radius 1 is 1.35 bits per heavy atom. The van der Waals surface area contributed by atoms with Gasteiger partial charge in [-0.3, -0.25) is 4.79 Å². The third-order valence-electron chi connectivity index (χ3n) is 2.69. The van der Waals surface area contributed by atoms with Gasteiger partial charge in [-0.05, 0) is 24.3 Å². The first-order chi connectivity index (χ1) is 9.54. The summed E-state index contributed by atoms with van der Waals surface area (Å²) in [7, 11) is 0. The molecule has 2 aromatic rings. The van der Waals surface area contributed by atoms with Crippen LogP contribution in [0.25, 0.3) is 0 Å². The molecule has 1 N–H and O–H groups in total. The van der Waals surface area contributed by atoms with Crippen LogP contribution >= 0.6 is 15.9 Å². The molecule has 0 aliphatic heterocycles. The van der Waals surface area contributed by atoms with Crippen LogP contribution in [0.1, 0.15) is 37.9 Å². The van der Waals surface area contributed by atoms with E-state index in [1.54, 1.807) is 0 Å². The van der Waals surface area contributed by atoms with Crippen LogP contribution in [0, 0.1) is 0 Å². The number of carbonyl (C=O) groups is 1. The topological polar surface area (TPSA) is 68.0 Å². The summed E-state index contributed by atoms with van der Waals surface area (Å²) in [6, 6.07) is 7.43. The summed E-state index contributed by atoms with van der Waals surface area (Å²) in [5.74, 6) is 1.33. The van der Waals surface area contributed by atoms with Gasteiger partial charge in [0.05, 0.1) is 0 Å². The first kappa shape index (κ1) is 14.7. The van der Waals surface area contributed by atoms with E-state index in [1.807, 2.05) is 38.1 Å². The van der Waals surface area contributed by atoms with Gasteiger partial charge in [0.15, 0.2) is 5.82 Å². The zero-order valence-corrected chi connectivity index (χ0v) is 13.0. The molecule has 0 bridgehead atoms. The van der Waals surface area contributed by atoms with Crippen LogP contribution in [0.2, 0.25) is 0 Å². The predicted octanol–water partition coefficient (Wildman–Crippen LogP) is 3.53. The Kier molecular flexibility index (Phi) is 4.89. The maximum Gasteiger partial charge on any atom is 0.227 e. The second-order valence-corrected chi connectivity index (χ2v) is 5.67. The SMILES string of the molecule is CC(C)c1noc(CCC(=O)Nc2ccc(Br)cc2)n1. The molecule has 106 valence electrons. The number of anilines is 1. The molecule has 5 nitrogen and oxygen atoms in total. The van der Waals surface area contributed by atoms with Crippen molar-refractivity contribution >= 4 is 27.5 Å². The van der Waals surface area contributed by atoms with E-state index in [1.165, 1.54) is 0 Å². The van der Waals surface area contributed by atoms with E-state index in [4.69, 9.17) is 4.52 Å². The molecule has 0 atom stereocenters. The van der Waals surface area contributed by atoms with Crippen LogP contribution in [-0.2, 0) is 11.2 Å². The van der Waals surface area contributed by atoms with Crippen molar-refractivity contribution in [2.75, 3.05) is 5.32 Å². The van der Waals surface area contributed by atoms with Crippen molar-refractivity contribution in [1.29, 1.82) is 0 Å². The third kappa shape index (κ3) is 4.16. The monoisotopic (exact) mass is 337 g/mol. The number of halogens is 1. The Hall–Kier alpha value is -1.69. The van der Waals surface area contributed by atoms with Crippen LogP contribution in [0.5, 0.6) is 0 Å². The average Bonchev–Trinajstić information content (AvgIpc) is 2.88. The number of hydrogen-bond acceptors (Lipinski definition) is 4. The summed E-state index contributed by atoms with van der Waals surface area (Å²) in [5.41, 5.74) is 0.770. The summed E-state index contributed by atoms with van der Waals surface area (Å²) < 4.78 is 6.07. The predicted molar refractivity (Wildman–Crippen MR) is 79.5 cm³/mol. The fourth-order valence-corrected chi connectivity index (χ4v) is 1.85. The highest BCUT2D eigenvalue weighted by Crippen LogP contribution is 2.15. The minimum atomic E-state index is -0.0726. The van der Waals surface area contributed by atoms with E-state index in [9.17, 15) is 4.79 Å². The maximum absolute atomic E-state index is 11.8. The molecule has 0 aliphatic carbocycles. The fraction of sp³-hybridized carbons (Fsp3) is 0.357. The van der Waals surface area contributed by atoms with Gasteiger partial charge in [0.1, 0.15) is 0 Å². The largest absolute Gasteiger partial charge is 0.339 e. The number of rotatable bonds is 5. The summed E-state index contributed by atoms with van der Waals surface area (Å²) in [6.07, 6.45) is 0.762. The highest BCUT2D eigenvalue weighted by atomic mass is 79.9. The van der Waals surface area contributed by atoms with Crippen molar-refractivity contribution in [1.82, 2.24) is 10.1 Å². The summed E-state index contributed by atoms with van der Waals surface area (Å²) >= 11 is 3.35. The van der Waals surface area contributed by atoms with Crippen LogP contribution in [0.4, 0.5) is 5.69 Å². The zero-order valence-electron chi connectivity index (χ0n) is 11.4. The first-order valence-corrected chi connectivity index (χ1v) is 7.22. The van der Waals surface area contributed by atoms with Crippen molar-refractivity contribution in [3.63, 3.8) is 0 Å². The molecule has 1 aromatic carbocycles. The molecule has 6 heteroatoms.